The standard InChI is InChI=1S/C14H18Br2N4/c1-3-7-20-14(12(16)8-18-20)13(19-17)10-5-4-6-11(15)9(10)2/h4-6,8,13,19H,3,7,17H2,1-2H3. The molecule has 1 aromatic carbocycles. The molecule has 0 saturated carbocycles. The van der Waals surface area contributed by atoms with E-state index in [9.17, 15) is 0 Å². The Hall–Kier alpha value is -0.690. The molecule has 3 N–H and O–H groups in total. The molecule has 6 heteroatoms. The highest BCUT2D eigenvalue weighted by molar-refractivity contribution is 9.10. The number of halogens is 2. The van der Waals surface area contributed by atoms with Gasteiger partial charge in [0.05, 0.1) is 22.4 Å². The van der Waals surface area contributed by atoms with Gasteiger partial charge < -0.3 is 0 Å². The minimum Gasteiger partial charge on any atom is -0.271 e. The van der Waals surface area contributed by atoms with E-state index in [0.717, 1.165) is 33.2 Å². The molecule has 1 aromatic heterocycles. The number of hydrazine groups is 1. The van der Waals surface area contributed by atoms with Crippen LogP contribution in [0, 0.1) is 6.92 Å². The van der Waals surface area contributed by atoms with Gasteiger partial charge in [0.15, 0.2) is 0 Å². The molecule has 0 radical (unpaired) electrons. The molecule has 0 aliphatic rings. The summed E-state index contributed by atoms with van der Waals surface area (Å²) in [5.74, 6) is 5.82. The van der Waals surface area contributed by atoms with Gasteiger partial charge in [-0.25, -0.2) is 5.43 Å². The van der Waals surface area contributed by atoms with Gasteiger partial charge in [-0.3, -0.25) is 10.5 Å². The molecule has 0 spiro atoms. The molecule has 0 amide bonds. The molecule has 4 nitrogen and oxygen atoms in total. The first-order valence-corrected chi connectivity index (χ1v) is 8.11. The highest BCUT2D eigenvalue weighted by Gasteiger charge is 2.22. The SMILES string of the molecule is CCCn1ncc(Br)c1C(NN)c1cccc(Br)c1C. The molecule has 0 bridgehead atoms. The van der Waals surface area contributed by atoms with E-state index >= 15 is 0 Å². The summed E-state index contributed by atoms with van der Waals surface area (Å²) in [6, 6.07) is 6.03. The fourth-order valence-corrected chi connectivity index (χ4v) is 3.21. The Morgan fingerprint density at radius 3 is 2.75 bits per heavy atom. The number of rotatable bonds is 5. The predicted octanol–water partition coefficient (Wildman–Crippen LogP) is 3.68. The molecule has 1 unspecified atom stereocenters. The van der Waals surface area contributed by atoms with Gasteiger partial charge in [0.25, 0.3) is 0 Å². The maximum absolute atomic E-state index is 5.82. The van der Waals surface area contributed by atoms with Crippen molar-refractivity contribution in [3.05, 3.63) is 50.2 Å². The molecule has 2 rings (SSSR count). The fraction of sp³-hybridized carbons (Fsp3) is 0.357. The van der Waals surface area contributed by atoms with Crippen molar-refractivity contribution >= 4 is 31.9 Å². The second-order valence-corrected chi connectivity index (χ2v) is 6.36. The van der Waals surface area contributed by atoms with Crippen LogP contribution in [0.2, 0.25) is 0 Å². The Morgan fingerprint density at radius 1 is 1.35 bits per heavy atom. The van der Waals surface area contributed by atoms with Crippen LogP contribution >= 0.6 is 31.9 Å². The molecule has 0 fully saturated rings. The number of nitrogens with zero attached hydrogens (tertiary/aromatic N) is 2. The van der Waals surface area contributed by atoms with Gasteiger partial charge in [-0.15, -0.1) is 0 Å². The zero-order chi connectivity index (χ0) is 14.7. The lowest BCUT2D eigenvalue weighted by Gasteiger charge is -2.21. The maximum Gasteiger partial charge on any atom is 0.0892 e. The van der Waals surface area contributed by atoms with Crippen molar-refractivity contribution in [2.24, 2.45) is 5.84 Å². The van der Waals surface area contributed by atoms with Crippen LogP contribution in [0.25, 0.3) is 0 Å². The minimum atomic E-state index is -0.101. The van der Waals surface area contributed by atoms with Gasteiger partial charge in [-0.1, -0.05) is 35.0 Å². The van der Waals surface area contributed by atoms with E-state index in [1.54, 1.807) is 0 Å². The molecule has 20 heavy (non-hydrogen) atoms. The summed E-state index contributed by atoms with van der Waals surface area (Å²) in [6.07, 6.45) is 2.85. The van der Waals surface area contributed by atoms with Crippen LogP contribution in [0.4, 0.5) is 0 Å². The van der Waals surface area contributed by atoms with Crippen LogP contribution < -0.4 is 11.3 Å². The smallest absolute Gasteiger partial charge is 0.0892 e. The average molecular weight is 402 g/mol. The van der Waals surface area contributed by atoms with Gasteiger partial charge in [-0.05, 0) is 46.5 Å². The number of aromatic nitrogens is 2. The Bertz CT molecular complexity index is 595. The van der Waals surface area contributed by atoms with E-state index in [2.05, 4.69) is 62.3 Å². The molecular formula is C14H18Br2N4. The first-order valence-electron chi connectivity index (χ1n) is 6.52. The second kappa shape index (κ2) is 6.85. The monoisotopic (exact) mass is 400 g/mol. The second-order valence-electron chi connectivity index (χ2n) is 4.65. The molecule has 1 atom stereocenters. The summed E-state index contributed by atoms with van der Waals surface area (Å²) >= 11 is 7.15. The molecule has 108 valence electrons. The van der Waals surface area contributed by atoms with Crippen LogP contribution in [0.3, 0.4) is 0 Å². The first kappa shape index (κ1) is 15.7. The average Bonchev–Trinajstić information content (AvgIpc) is 2.78. The summed E-state index contributed by atoms with van der Waals surface area (Å²) in [5.41, 5.74) is 6.28. The number of hydrogen-bond acceptors (Lipinski definition) is 3. The number of nitrogens with one attached hydrogen (secondary N) is 1. The predicted molar refractivity (Wildman–Crippen MR) is 88.3 cm³/mol. The zero-order valence-corrected chi connectivity index (χ0v) is 14.7. The Morgan fingerprint density at radius 2 is 2.10 bits per heavy atom. The number of hydrogen-bond donors (Lipinski definition) is 2. The molecule has 2 aromatic rings. The van der Waals surface area contributed by atoms with Crippen molar-refractivity contribution in [2.45, 2.75) is 32.9 Å². The van der Waals surface area contributed by atoms with E-state index in [4.69, 9.17) is 5.84 Å². The normalized spacial score (nSPS) is 12.7. The van der Waals surface area contributed by atoms with E-state index in [-0.39, 0.29) is 6.04 Å². The molecular weight excluding hydrogens is 384 g/mol. The van der Waals surface area contributed by atoms with E-state index < -0.39 is 0 Å². The summed E-state index contributed by atoms with van der Waals surface area (Å²) < 4.78 is 4.04. The third-order valence-electron chi connectivity index (χ3n) is 3.33. The lowest BCUT2D eigenvalue weighted by Crippen LogP contribution is -2.31. The Kier molecular flexibility index (Phi) is 5.37. The topological polar surface area (TPSA) is 55.9 Å². The van der Waals surface area contributed by atoms with Crippen molar-refractivity contribution < 1.29 is 0 Å². The number of nitrogens with two attached hydrogens (primary N) is 1. The van der Waals surface area contributed by atoms with Crippen molar-refractivity contribution in [1.29, 1.82) is 0 Å². The Balaban J connectivity index is 2.52. The first-order chi connectivity index (χ1) is 9.60. The number of benzene rings is 1. The van der Waals surface area contributed by atoms with Crippen molar-refractivity contribution in [1.82, 2.24) is 15.2 Å². The number of aryl methyl sites for hydroxylation is 1. The third kappa shape index (κ3) is 2.98. The summed E-state index contributed by atoms with van der Waals surface area (Å²) in [7, 11) is 0. The van der Waals surface area contributed by atoms with Gasteiger partial charge in [-0.2, -0.15) is 5.10 Å². The van der Waals surface area contributed by atoms with Gasteiger partial charge in [0.2, 0.25) is 0 Å². The lowest BCUT2D eigenvalue weighted by molar-refractivity contribution is 0.518. The lowest BCUT2D eigenvalue weighted by atomic mass is 9.99. The molecule has 0 aliphatic heterocycles. The van der Waals surface area contributed by atoms with Gasteiger partial charge >= 0.3 is 0 Å². The Labute approximate surface area is 136 Å². The summed E-state index contributed by atoms with van der Waals surface area (Å²) in [5, 5.41) is 4.41. The zero-order valence-electron chi connectivity index (χ0n) is 11.5. The van der Waals surface area contributed by atoms with Gasteiger partial charge in [0.1, 0.15) is 0 Å². The van der Waals surface area contributed by atoms with Crippen LogP contribution in [0.15, 0.2) is 33.3 Å². The maximum atomic E-state index is 5.82. The summed E-state index contributed by atoms with van der Waals surface area (Å²) in [4.78, 5) is 0. The minimum absolute atomic E-state index is 0.101. The van der Waals surface area contributed by atoms with E-state index in [1.807, 2.05) is 23.0 Å². The fourth-order valence-electron chi connectivity index (χ4n) is 2.30. The van der Waals surface area contributed by atoms with E-state index in [1.165, 1.54) is 5.56 Å². The van der Waals surface area contributed by atoms with Crippen molar-refractivity contribution in [2.75, 3.05) is 0 Å². The summed E-state index contributed by atoms with van der Waals surface area (Å²) in [6.45, 7) is 5.08. The quantitative estimate of drug-likeness (QED) is 0.593. The third-order valence-corrected chi connectivity index (χ3v) is 4.80. The van der Waals surface area contributed by atoms with Crippen LogP contribution in [-0.4, -0.2) is 9.78 Å². The van der Waals surface area contributed by atoms with Crippen molar-refractivity contribution in [3.63, 3.8) is 0 Å². The van der Waals surface area contributed by atoms with Crippen LogP contribution in [-0.2, 0) is 6.54 Å². The highest BCUT2D eigenvalue weighted by atomic mass is 79.9. The van der Waals surface area contributed by atoms with Crippen LogP contribution in [0.1, 0.15) is 36.2 Å². The molecule has 1 heterocycles. The molecule has 0 aliphatic carbocycles. The van der Waals surface area contributed by atoms with E-state index in [0.29, 0.717) is 0 Å². The van der Waals surface area contributed by atoms with Crippen molar-refractivity contribution in [3.8, 4) is 0 Å². The molecule has 0 saturated heterocycles. The highest BCUT2D eigenvalue weighted by Crippen LogP contribution is 2.32. The largest absolute Gasteiger partial charge is 0.271 e. The van der Waals surface area contributed by atoms with Crippen LogP contribution in [0.5, 0.6) is 0 Å². The van der Waals surface area contributed by atoms with Gasteiger partial charge in [0, 0.05) is 11.0 Å².